The number of nitrogens with zero attached hydrogens (tertiary/aromatic N) is 2. The minimum absolute atomic E-state index is 0.891. The topological polar surface area (TPSA) is 29.9 Å². The minimum Gasteiger partial charge on any atom is -0.311 e. The first-order valence-corrected chi connectivity index (χ1v) is 8.12. The summed E-state index contributed by atoms with van der Waals surface area (Å²) in [6.45, 7) is 7.06. The van der Waals surface area contributed by atoms with Crippen molar-refractivity contribution in [3.63, 3.8) is 0 Å². The van der Waals surface area contributed by atoms with E-state index in [9.17, 15) is 0 Å². The number of rotatable bonds is 6. The molecule has 0 aromatic carbocycles. The number of aromatic nitrogens is 2. The first kappa shape index (κ1) is 14.8. The molecule has 1 aliphatic rings. The second kappa shape index (κ2) is 7.25. The molecule has 3 nitrogen and oxygen atoms in total. The largest absolute Gasteiger partial charge is 0.311 e. The lowest BCUT2D eigenvalue weighted by Crippen LogP contribution is -2.18. The Balaban J connectivity index is 1.80. The molecule has 0 unspecified atom stereocenters. The Morgan fingerprint density at radius 1 is 1.42 bits per heavy atom. The predicted molar refractivity (Wildman–Crippen MR) is 83.2 cm³/mol. The first-order chi connectivity index (χ1) is 9.22. The molecule has 0 saturated carbocycles. The quantitative estimate of drug-likeness (QED) is 0.633. The third-order valence-corrected chi connectivity index (χ3v) is 4.78. The summed E-state index contributed by atoms with van der Waals surface area (Å²) < 4.78 is 3.23. The van der Waals surface area contributed by atoms with Gasteiger partial charge in [0.25, 0.3) is 0 Å². The summed E-state index contributed by atoms with van der Waals surface area (Å²) in [5.74, 6) is 0. The molecule has 106 valence electrons. The van der Waals surface area contributed by atoms with E-state index in [1.54, 1.807) is 5.57 Å². The minimum atomic E-state index is 0.891. The molecule has 0 amide bonds. The van der Waals surface area contributed by atoms with Gasteiger partial charge in [-0.15, -0.1) is 0 Å². The molecule has 1 heterocycles. The molecule has 0 radical (unpaired) electrons. The van der Waals surface area contributed by atoms with Crippen LogP contribution in [0.2, 0.25) is 0 Å². The van der Waals surface area contributed by atoms with Crippen LogP contribution in [0.5, 0.6) is 0 Å². The van der Waals surface area contributed by atoms with Crippen molar-refractivity contribution >= 4 is 15.9 Å². The Bertz CT molecular complexity index is 448. The number of nitrogens with one attached hydrogen (secondary N) is 1. The van der Waals surface area contributed by atoms with Crippen LogP contribution in [0.1, 0.15) is 50.4 Å². The molecule has 0 bridgehead atoms. The number of allylic oxidation sites excluding steroid dienone is 1. The molecule has 0 spiro atoms. The molecule has 0 fully saturated rings. The Hall–Kier alpha value is -0.610. The lowest BCUT2D eigenvalue weighted by atomic mass is 9.97. The maximum absolute atomic E-state index is 4.52. The maximum atomic E-state index is 4.52. The number of hydrogen-bond donors (Lipinski definition) is 1. The van der Waals surface area contributed by atoms with Crippen LogP contribution < -0.4 is 5.32 Å². The van der Waals surface area contributed by atoms with Crippen molar-refractivity contribution in [3.8, 4) is 0 Å². The van der Waals surface area contributed by atoms with E-state index in [1.807, 2.05) is 6.92 Å². The van der Waals surface area contributed by atoms with Gasteiger partial charge < -0.3 is 5.32 Å². The smallest absolute Gasteiger partial charge is 0.0739 e. The molecule has 4 heteroatoms. The highest BCUT2D eigenvalue weighted by Gasteiger charge is 2.11. The van der Waals surface area contributed by atoms with Crippen molar-refractivity contribution in [1.29, 1.82) is 0 Å². The fourth-order valence-corrected chi connectivity index (χ4v) is 3.05. The van der Waals surface area contributed by atoms with Gasteiger partial charge in [-0.2, -0.15) is 5.10 Å². The average Bonchev–Trinajstić information content (AvgIpc) is 2.72. The van der Waals surface area contributed by atoms with Gasteiger partial charge in [-0.3, -0.25) is 4.68 Å². The summed E-state index contributed by atoms with van der Waals surface area (Å²) in [4.78, 5) is 0. The van der Waals surface area contributed by atoms with Crippen molar-refractivity contribution in [2.24, 2.45) is 0 Å². The zero-order valence-corrected chi connectivity index (χ0v) is 13.6. The normalized spacial score (nSPS) is 15.6. The van der Waals surface area contributed by atoms with Gasteiger partial charge in [0.2, 0.25) is 0 Å². The second-order valence-electron chi connectivity index (χ2n) is 5.20. The van der Waals surface area contributed by atoms with E-state index in [0.717, 1.165) is 29.8 Å². The van der Waals surface area contributed by atoms with Crippen molar-refractivity contribution in [1.82, 2.24) is 15.1 Å². The molecular formula is C15H24BrN3. The lowest BCUT2D eigenvalue weighted by Gasteiger charge is -2.13. The SMILES string of the molecule is CCn1nc(C)c(Br)c1CNCCC1=CCCCC1. The molecule has 1 aliphatic carbocycles. The third-order valence-electron chi connectivity index (χ3n) is 3.75. The van der Waals surface area contributed by atoms with Crippen LogP contribution in [0.15, 0.2) is 16.1 Å². The van der Waals surface area contributed by atoms with Gasteiger partial charge in [0, 0.05) is 13.1 Å². The summed E-state index contributed by atoms with van der Waals surface area (Å²) in [6.07, 6.45) is 8.95. The zero-order chi connectivity index (χ0) is 13.7. The molecule has 1 aromatic heterocycles. The van der Waals surface area contributed by atoms with Crippen LogP contribution >= 0.6 is 15.9 Å². The van der Waals surface area contributed by atoms with Gasteiger partial charge in [0.1, 0.15) is 0 Å². The summed E-state index contributed by atoms with van der Waals surface area (Å²) >= 11 is 3.64. The standard InChI is InChI=1S/C15H24BrN3/c1-3-19-14(15(16)12(2)18-19)11-17-10-9-13-7-5-4-6-8-13/h7,17H,3-6,8-11H2,1-2H3. The first-order valence-electron chi connectivity index (χ1n) is 7.32. The number of halogens is 1. The lowest BCUT2D eigenvalue weighted by molar-refractivity contribution is 0.572. The van der Waals surface area contributed by atoms with Crippen LogP contribution in [0.3, 0.4) is 0 Å². The molecule has 19 heavy (non-hydrogen) atoms. The highest BCUT2D eigenvalue weighted by molar-refractivity contribution is 9.10. The Morgan fingerprint density at radius 2 is 2.26 bits per heavy atom. The van der Waals surface area contributed by atoms with Crippen molar-refractivity contribution in [3.05, 3.63) is 27.5 Å². The molecule has 1 N–H and O–H groups in total. The number of hydrogen-bond acceptors (Lipinski definition) is 2. The van der Waals surface area contributed by atoms with Gasteiger partial charge in [-0.05, 0) is 68.4 Å². The number of aryl methyl sites for hydroxylation is 2. The third kappa shape index (κ3) is 3.93. The molecule has 1 aromatic rings. The fourth-order valence-electron chi connectivity index (χ4n) is 2.63. The van der Waals surface area contributed by atoms with E-state index in [2.05, 4.69) is 44.0 Å². The van der Waals surface area contributed by atoms with Gasteiger partial charge in [-0.1, -0.05) is 11.6 Å². The Labute approximate surface area is 124 Å². The molecule has 0 saturated heterocycles. The highest BCUT2D eigenvalue weighted by Crippen LogP contribution is 2.21. The predicted octanol–water partition coefficient (Wildman–Crippen LogP) is 3.95. The van der Waals surface area contributed by atoms with Crippen LogP contribution in [0.4, 0.5) is 0 Å². The van der Waals surface area contributed by atoms with E-state index in [0.29, 0.717) is 0 Å². The maximum Gasteiger partial charge on any atom is 0.0739 e. The molecule has 2 rings (SSSR count). The van der Waals surface area contributed by atoms with Crippen LogP contribution in [-0.2, 0) is 13.1 Å². The Kier molecular flexibility index (Phi) is 5.64. The molecular weight excluding hydrogens is 302 g/mol. The van der Waals surface area contributed by atoms with Crippen LogP contribution in [0, 0.1) is 6.92 Å². The van der Waals surface area contributed by atoms with Crippen LogP contribution in [-0.4, -0.2) is 16.3 Å². The molecule has 0 aliphatic heterocycles. The Morgan fingerprint density at radius 3 is 2.95 bits per heavy atom. The summed E-state index contributed by atoms with van der Waals surface area (Å²) in [6, 6.07) is 0. The van der Waals surface area contributed by atoms with E-state index in [4.69, 9.17) is 0 Å². The van der Waals surface area contributed by atoms with Gasteiger partial charge >= 0.3 is 0 Å². The highest BCUT2D eigenvalue weighted by atomic mass is 79.9. The monoisotopic (exact) mass is 325 g/mol. The van der Waals surface area contributed by atoms with Crippen molar-refractivity contribution in [2.45, 2.75) is 59.0 Å². The summed E-state index contributed by atoms with van der Waals surface area (Å²) in [5.41, 5.74) is 3.98. The van der Waals surface area contributed by atoms with Crippen molar-refractivity contribution < 1.29 is 0 Å². The fraction of sp³-hybridized carbons (Fsp3) is 0.667. The molecule has 0 atom stereocenters. The van der Waals surface area contributed by atoms with Gasteiger partial charge in [0.05, 0.1) is 15.9 Å². The van der Waals surface area contributed by atoms with E-state index >= 15 is 0 Å². The van der Waals surface area contributed by atoms with Gasteiger partial charge in [-0.25, -0.2) is 0 Å². The van der Waals surface area contributed by atoms with Gasteiger partial charge in [0.15, 0.2) is 0 Å². The summed E-state index contributed by atoms with van der Waals surface area (Å²) in [5, 5.41) is 8.06. The zero-order valence-electron chi connectivity index (χ0n) is 12.0. The van der Waals surface area contributed by atoms with E-state index in [-0.39, 0.29) is 0 Å². The summed E-state index contributed by atoms with van der Waals surface area (Å²) in [7, 11) is 0. The van der Waals surface area contributed by atoms with E-state index in [1.165, 1.54) is 37.8 Å². The van der Waals surface area contributed by atoms with Crippen LogP contribution in [0.25, 0.3) is 0 Å². The average molecular weight is 326 g/mol. The second-order valence-corrected chi connectivity index (χ2v) is 5.99. The van der Waals surface area contributed by atoms with E-state index < -0.39 is 0 Å². The van der Waals surface area contributed by atoms with Crippen molar-refractivity contribution in [2.75, 3.05) is 6.54 Å².